The maximum atomic E-state index is 13.4. The van der Waals surface area contributed by atoms with Crippen LogP contribution in [0, 0.1) is 0 Å². The number of para-hydroxylation sites is 1. The van der Waals surface area contributed by atoms with Crippen LogP contribution in [-0.4, -0.2) is 60.8 Å². The average molecular weight is 463 g/mol. The minimum absolute atomic E-state index is 0. The van der Waals surface area contributed by atoms with Gasteiger partial charge in [-0.2, -0.15) is 0 Å². The van der Waals surface area contributed by atoms with Crippen molar-refractivity contribution in [1.82, 2.24) is 10.2 Å². The number of carbonyl (C=O) groups is 2. The topological polar surface area (TPSA) is 88.1 Å². The minimum atomic E-state index is -0.969. The molecule has 1 heterocycles. The Labute approximate surface area is 195 Å². The SMILES string of the molecule is C[C@H](NC(=O)C1(N(C)CCOc2ccccc2)CCOCC1)c1ccc(C(=O)O)cc1.Cl. The van der Waals surface area contributed by atoms with Gasteiger partial charge < -0.3 is 19.9 Å². The lowest BCUT2D eigenvalue weighted by Crippen LogP contribution is -2.61. The highest BCUT2D eigenvalue weighted by atomic mass is 35.5. The number of nitrogens with zero attached hydrogens (tertiary/aromatic N) is 1. The Morgan fingerprint density at radius 2 is 1.75 bits per heavy atom. The Hall–Kier alpha value is -2.61. The number of nitrogens with one attached hydrogen (secondary N) is 1. The van der Waals surface area contributed by atoms with E-state index in [1.165, 1.54) is 0 Å². The second kappa shape index (κ2) is 11.9. The minimum Gasteiger partial charge on any atom is -0.492 e. The summed E-state index contributed by atoms with van der Waals surface area (Å²) in [4.78, 5) is 26.5. The van der Waals surface area contributed by atoms with Crippen molar-refractivity contribution in [2.24, 2.45) is 0 Å². The molecule has 2 N–H and O–H groups in total. The summed E-state index contributed by atoms with van der Waals surface area (Å²) >= 11 is 0. The van der Waals surface area contributed by atoms with Gasteiger partial charge in [-0.25, -0.2) is 4.79 Å². The molecule has 1 saturated heterocycles. The van der Waals surface area contributed by atoms with Gasteiger partial charge in [0.25, 0.3) is 0 Å². The van der Waals surface area contributed by atoms with E-state index in [9.17, 15) is 9.59 Å². The van der Waals surface area contributed by atoms with E-state index in [1.807, 2.05) is 44.3 Å². The number of hydrogen-bond donors (Lipinski definition) is 2. The highest BCUT2D eigenvalue weighted by Crippen LogP contribution is 2.28. The Morgan fingerprint density at radius 1 is 1.12 bits per heavy atom. The summed E-state index contributed by atoms with van der Waals surface area (Å²) in [6, 6.07) is 16.0. The molecule has 0 unspecified atom stereocenters. The Balaban J connectivity index is 0.00000363. The van der Waals surface area contributed by atoms with Crippen LogP contribution < -0.4 is 10.1 Å². The zero-order valence-electron chi connectivity index (χ0n) is 18.5. The number of halogens is 1. The van der Waals surface area contributed by atoms with Crippen molar-refractivity contribution in [3.63, 3.8) is 0 Å². The quantitative estimate of drug-likeness (QED) is 0.592. The monoisotopic (exact) mass is 462 g/mol. The van der Waals surface area contributed by atoms with Gasteiger partial charge in [0.2, 0.25) is 5.91 Å². The van der Waals surface area contributed by atoms with Crippen molar-refractivity contribution >= 4 is 24.3 Å². The number of benzene rings is 2. The fraction of sp³-hybridized carbons (Fsp3) is 0.417. The highest BCUT2D eigenvalue weighted by Gasteiger charge is 2.43. The third kappa shape index (κ3) is 6.22. The molecule has 1 fully saturated rings. The molecule has 1 aliphatic heterocycles. The first kappa shape index (κ1) is 25.6. The maximum absolute atomic E-state index is 13.4. The predicted molar refractivity (Wildman–Crippen MR) is 125 cm³/mol. The number of rotatable bonds is 9. The van der Waals surface area contributed by atoms with Crippen LogP contribution in [0.1, 0.15) is 41.7 Å². The van der Waals surface area contributed by atoms with Crippen molar-refractivity contribution in [2.45, 2.75) is 31.3 Å². The molecule has 1 amide bonds. The van der Waals surface area contributed by atoms with Crippen LogP contribution in [-0.2, 0) is 9.53 Å². The second-order valence-corrected chi connectivity index (χ2v) is 7.85. The molecule has 2 aromatic rings. The summed E-state index contributed by atoms with van der Waals surface area (Å²) in [6.45, 7) is 4.03. The average Bonchev–Trinajstić information content (AvgIpc) is 2.80. The number of aromatic carboxylic acids is 1. The summed E-state index contributed by atoms with van der Waals surface area (Å²) in [5.41, 5.74) is 0.407. The second-order valence-electron chi connectivity index (χ2n) is 7.85. The molecule has 32 heavy (non-hydrogen) atoms. The predicted octanol–water partition coefficient (Wildman–Crippen LogP) is 3.54. The Morgan fingerprint density at radius 3 is 2.34 bits per heavy atom. The lowest BCUT2D eigenvalue weighted by atomic mass is 9.86. The zero-order valence-corrected chi connectivity index (χ0v) is 19.3. The Kier molecular flexibility index (Phi) is 9.50. The third-order valence-electron chi connectivity index (χ3n) is 5.92. The van der Waals surface area contributed by atoms with E-state index in [4.69, 9.17) is 14.6 Å². The standard InChI is InChI=1S/C24H30N2O5.ClH/c1-18(19-8-10-20(11-9-19)22(27)28)25-23(29)24(12-15-30-16-13-24)26(2)14-17-31-21-6-4-3-5-7-21;/h3-11,18H,12-17H2,1-2H3,(H,25,29)(H,27,28);1H/t18-;/m0./s1. The van der Waals surface area contributed by atoms with E-state index in [0.717, 1.165) is 11.3 Å². The number of hydrogen-bond acceptors (Lipinski definition) is 5. The van der Waals surface area contributed by atoms with Gasteiger partial charge in [0.1, 0.15) is 17.9 Å². The van der Waals surface area contributed by atoms with Crippen molar-refractivity contribution in [2.75, 3.05) is 33.4 Å². The summed E-state index contributed by atoms with van der Waals surface area (Å²) < 4.78 is 11.4. The first-order valence-corrected chi connectivity index (χ1v) is 10.5. The highest BCUT2D eigenvalue weighted by molar-refractivity contribution is 5.88. The van der Waals surface area contributed by atoms with Crippen LogP contribution in [0.25, 0.3) is 0 Å². The fourth-order valence-corrected chi connectivity index (χ4v) is 3.85. The molecular formula is C24H31ClN2O5. The summed E-state index contributed by atoms with van der Waals surface area (Å²) in [7, 11) is 1.95. The number of likely N-dealkylation sites (N-methyl/N-ethyl adjacent to an activating group) is 1. The number of carbonyl (C=O) groups excluding carboxylic acids is 1. The van der Waals surface area contributed by atoms with Crippen LogP contribution in [0.5, 0.6) is 5.75 Å². The number of ether oxygens (including phenoxy) is 2. The molecule has 0 aromatic heterocycles. The number of carboxylic acid groups (broad SMARTS) is 1. The molecule has 0 spiro atoms. The van der Waals surface area contributed by atoms with E-state index >= 15 is 0 Å². The largest absolute Gasteiger partial charge is 0.492 e. The summed E-state index contributed by atoms with van der Waals surface area (Å²) in [5, 5.41) is 12.2. The number of amides is 1. The van der Waals surface area contributed by atoms with E-state index in [0.29, 0.717) is 39.2 Å². The molecule has 0 saturated carbocycles. The van der Waals surface area contributed by atoms with Gasteiger partial charge in [0, 0.05) is 19.8 Å². The van der Waals surface area contributed by atoms with Gasteiger partial charge in [-0.05, 0) is 56.6 Å². The lowest BCUT2D eigenvalue weighted by molar-refractivity contribution is -0.140. The molecule has 3 rings (SSSR count). The molecule has 0 radical (unpaired) electrons. The molecular weight excluding hydrogens is 432 g/mol. The van der Waals surface area contributed by atoms with Crippen LogP contribution in [0.15, 0.2) is 54.6 Å². The van der Waals surface area contributed by atoms with E-state index in [-0.39, 0.29) is 29.9 Å². The Bertz CT molecular complexity index is 870. The van der Waals surface area contributed by atoms with Crippen LogP contribution in [0.3, 0.4) is 0 Å². The van der Waals surface area contributed by atoms with Crippen molar-refractivity contribution < 1.29 is 24.2 Å². The molecule has 174 valence electrons. The van der Waals surface area contributed by atoms with Crippen LogP contribution in [0.2, 0.25) is 0 Å². The molecule has 0 aliphatic carbocycles. The third-order valence-corrected chi connectivity index (χ3v) is 5.92. The van der Waals surface area contributed by atoms with Gasteiger partial charge >= 0.3 is 5.97 Å². The zero-order chi connectivity index (χ0) is 22.3. The van der Waals surface area contributed by atoms with E-state index in [1.54, 1.807) is 24.3 Å². The van der Waals surface area contributed by atoms with Gasteiger partial charge in [0.15, 0.2) is 0 Å². The van der Waals surface area contributed by atoms with Crippen LogP contribution >= 0.6 is 12.4 Å². The van der Waals surface area contributed by atoms with Crippen molar-refractivity contribution in [3.05, 3.63) is 65.7 Å². The van der Waals surface area contributed by atoms with Gasteiger partial charge in [-0.1, -0.05) is 30.3 Å². The van der Waals surface area contributed by atoms with Crippen LogP contribution in [0.4, 0.5) is 0 Å². The van der Waals surface area contributed by atoms with E-state index < -0.39 is 11.5 Å². The fourth-order valence-electron chi connectivity index (χ4n) is 3.85. The summed E-state index contributed by atoms with van der Waals surface area (Å²) in [5.74, 6) is -0.212. The normalized spacial score (nSPS) is 16.0. The molecule has 2 aromatic carbocycles. The van der Waals surface area contributed by atoms with Gasteiger partial charge in [-0.15, -0.1) is 12.4 Å². The van der Waals surface area contributed by atoms with Crippen molar-refractivity contribution in [1.29, 1.82) is 0 Å². The maximum Gasteiger partial charge on any atom is 0.335 e. The molecule has 1 atom stereocenters. The smallest absolute Gasteiger partial charge is 0.335 e. The van der Waals surface area contributed by atoms with Gasteiger partial charge in [-0.3, -0.25) is 9.69 Å². The molecule has 0 bridgehead atoms. The van der Waals surface area contributed by atoms with E-state index in [2.05, 4.69) is 10.2 Å². The molecule has 1 aliphatic rings. The summed E-state index contributed by atoms with van der Waals surface area (Å²) in [6.07, 6.45) is 1.21. The molecule has 8 heteroatoms. The lowest BCUT2D eigenvalue weighted by Gasteiger charge is -2.43. The van der Waals surface area contributed by atoms with Crippen molar-refractivity contribution in [3.8, 4) is 5.75 Å². The van der Waals surface area contributed by atoms with Gasteiger partial charge in [0.05, 0.1) is 11.6 Å². The molecule has 7 nitrogen and oxygen atoms in total. The first-order valence-electron chi connectivity index (χ1n) is 10.5. The number of carboxylic acids is 1. The first-order chi connectivity index (χ1) is 14.9.